The molecule has 1 N–H and O–H groups in total. The summed E-state index contributed by atoms with van der Waals surface area (Å²) in [5.74, 6) is 2.26. The number of hydrogen-bond donors (Lipinski definition) is 1. The van der Waals surface area contributed by atoms with Gasteiger partial charge in [-0.3, -0.25) is 0 Å². The van der Waals surface area contributed by atoms with Gasteiger partial charge in [-0.15, -0.1) is 0 Å². The van der Waals surface area contributed by atoms with E-state index in [0.717, 1.165) is 50.5 Å². The van der Waals surface area contributed by atoms with E-state index in [1.54, 1.807) is 14.2 Å². The van der Waals surface area contributed by atoms with E-state index >= 15 is 0 Å². The molecule has 2 unspecified atom stereocenters. The van der Waals surface area contributed by atoms with Gasteiger partial charge in [-0.2, -0.15) is 0 Å². The first-order valence-electron chi connectivity index (χ1n) is 11.5. The van der Waals surface area contributed by atoms with Gasteiger partial charge in [-0.05, 0) is 62.5 Å². The molecule has 0 amide bonds. The highest BCUT2D eigenvalue weighted by Gasteiger charge is 2.36. The minimum Gasteiger partial charge on any atom is -0.493 e. The molecule has 0 aliphatic carbocycles. The second kappa shape index (κ2) is 10.5. The standard InChI is InChI=1S/C26H36N2O3/c1-27-18-25-21-9-10-23(29-2)26(30-3)22(21)17-24(31-25)20-12-15-28(16-13-20)14-11-19-7-5-4-6-8-19/h4-10,20,24-25,27H,11-18H2,1-3H3. The SMILES string of the molecule is CNCC1OC(C2CCN(CCc3ccccc3)CC2)Cc2c1ccc(OC)c2OC. The molecule has 5 heteroatoms. The summed E-state index contributed by atoms with van der Waals surface area (Å²) < 4.78 is 18.0. The molecule has 0 aromatic heterocycles. The van der Waals surface area contributed by atoms with Crippen molar-refractivity contribution in [2.24, 2.45) is 5.92 Å². The number of likely N-dealkylation sites (tertiary alicyclic amines) is 1. The molecular weight excluding hydrogens is 388 g/mol. The van der Waals surface area contributed by atoms with Crippen LogP contribution in [-0.4, -0.2) is 58.5 Å². The Balaban J connectivity index is 1.41. The molecule has 0 spiro atoms. The highest BCUT2D eigenvalue weighted by molar-refractivity contribution is 5.52. The van der Waals surface area contributed by atoms with Crippen LogP contribution in [0.2, 0.25) is 0 Å². The Labute approximate surface area is 186 Å². The lowest BCUT2D eigenvalue weighted by Crippen LogP contribution is -2.42. The number of piperidine rings is 1. The van der Waals surface area contributed by atoms with E-state index in [1.807, 2.05) is 13.1 Å². The fourth-order valence-corrected chi connectivity index (χ4v) is 5.15. The van der Waals surface area contributed by atoms with Crippen LogP contribution in [0.5, 0.6) is 11.5 Å². The summed E-state index contributed by atoms with van der Waals surface area (Å²) in [6, 6.07) is 14.9. The Hall–Kier alpha value is -2.08. The van der Waals surface area contributed by atoms with Crippen molar-refractivity contribution in [2.45, 2.75) is 37.9 Å². The van der Waals surface area contributed by atoms with Crippen molar-refractivity contribution < 1.29 is 14.2 Å². The monoisotopic (exact) mass is 424 g/mol. The summed E-state index contributed by atoms with van der Waals surface area (Å²) >= 11 is 0. The summed E-state index contributed by atoms with van der Waals surface area (Å²) in [5.41, 5.74) is 3.90. The maximum atomic E-state index is 6.65. The van der Waals surface area contributed by atoms with Gasteiger partial charge >= 0.3 is 0 Å². The van der Waals surface area contributed by atoms with E-state index in [9.17, 15) is 0 Å². The van der Waals surface area contributed by atoms with Crippen LogP contribution in [0.15, 0.2) is 42.5 Å². The molecule has 4 rings (SSSR count). The smallest absolute Gasteiger partial charge is 0.164 e. The van der Waals surface area contributed by atoms with E-state index in [0.29, 0.717) is 5.92 Å². The lowest BCUT2D eigenvalue weighted by atomic mass is 9.83. The van der Waals surface area contributed by atoms with Crippen LogP contribution in [-0.2, 0) is 17.6 Å². The second-order valence-corrected chi connectivity index (χ2v) is 8.71. The number of methoxy groups -OCH3 is 2. The van der Waals surface area contributed by atoms with Crippen molar-refractivity contribution in [1.82, 2.24) is 10.2 Å². The number of rotatable bonds is 8. The molecule has 0 saturated carbocycles. The normalized spacial score (nSPS) is 22.2. The van der Waals surface area contributed by atoms with Gasteiger partial charge in [0.05, 0.1) is 26.4 Å². The van der Waals surface area contributed by atoms with Crippen LogP contribution in [0.25, 0.3) is 0 Å². The van der Waals surface area contributed by atoms with Gasteiger partial charge in [0, 0.05) is 25.1 Å². The van der Waals surface area contributed by atoms with Crippen molar-refractivity contribution >= 4 is 0 Å². The number of likely N-dealkylation sites (N-methyl/N-ethyl adjacent to an activating group) is 1. The van der Waals surface area contributed by atoms with Gasteiger partial charge in [-0.25, -0.2) is 0 Å². The van der Waals surface area contributed by atoms with Crippen LogP contribution in [0.3, 0.4) is 0 Å². The minimum atomic E-state index is 0.0506. The van der Waals surface area contributed by atoms with E-state index in [4.69, 9.17) is 14.2 Å². The predicted molar refractivity (Wildman–Crippen MR) is 124 cm³/mol. The first kappa shape index (κ1) is 22.1. The zero-order chi connectivity index (χ0) is 21.6. The van der Waals surface area contributed by atoms with Crippen molar-refractivity contribution in [3.05, 3.63) is 59.2 Å². The first-order valence-corrected chi connectivity index (χ1v) is 11.5. The van der Waals surface area contributed by atoms with E-state index in [2.05, 4.69) is 46.6 Å². The number of ether oxygens (including phenoxy) is 3. The van der Waals surface area contributed by atoms with Crippen molar-refractivity contribution in [2.75, 3.05) is 47.4 Å². The molecular formula is C26H36N2O3. The number of fused-ring (bicyclic) bond motifs is 1. The van der Waals surface area contributed by atoms with Crippen molar-refractivity contribution in [3.8, 4) is 11.5 Å². The Bertz CT molecular complexity index is 834. The van der Waals surface area contributed by atoms with Gasteiger partial charge in [-0.1, -0.05) is 36.4 Å². The van der Waals surface area contributed by atoms with Gasteiger partial charge in [0.15, 0.2) is 11.5 Å². The summed E-state index contributed by atoms with van der Waals surface area (Å²) in [7, 11) is 5.43. The molecule has 1 fully saturated rings. The first-order chi connectivity index (χ1) is 15.2. The number of nitrogens with zero attached hydrogens (tertiary/aromatic N) is 1. The molecule has 0 bridgehead atoms. The molecule has 2 aromatic rings. The molecule has 2 atom stereocenters. The minimum absolute atomic E-state index is 0.0506. The number of hydrogen-bond acceptors (Lipinski definition) is 5. The van der Waals surface area contributed by atoms with Gasteiger partial charge in [0.1, 0.15) is 0 Å². The maximum absolute atomic E-state index is 6.65. The average molecular weight is 425 g/mol. The van der Waals surface area contributed by atoms with Crippen molar-refractivity contribution in [1.29, 1.82) is 0 Å². The topological polar surface area (TPSA) is 43.0 Å². The third-order valence-electron chi connectivity index (χ3n) is 6.88. The summed E-state index contributed by atoms with van der Waals surface area (Å²) in [4.78, 5) is 2.61. The predicted octanol–water partition coefficient (Wildman–Crippen LogP) is 3.86. The molecule has 5 nitrogen and oxygen atoms in total. The van der Waals surface area contributed by atoms with Crippen LogP contribution in [0.1, 0.15) is 35.6 Å². The molecule has 2 heterocycles. The van der Waals surface area contributed by atoms with E-state index < -0.39 is 0 Å². The maximum Gasteiger partial charge on any atom is 0.164 e. The number of nitrogens with one attached hydrogen (secondary N) is 1. The quantitative estimate of drug-likeness (QED) is 0.697. The highest BCUT2D eigenvalue weighted by atomic mass is 16.5. The zero-order valence-electron chi connectivity index (χ0n) is 19.1. The third-order valence-corrected chi connectivity index (χ3v) is 6.88. The lowest BCUT2D eigenvalue weighted by Gasteiger charge is -2.41. The molecule has 0 radical (unpaired) electrons. The van der Waals surface area contributed by atoms with E-state index in [-0.39, 0.29) is 12.2 Å². The number of benzene rings is 2. The summed E-state index contributed by atoms with van der Waals surface area (Å²) in [6.07, 6.45) is 4.67. The molecule has 1 saturated heterocycles. The fourth-order valence-electron chi connectivity index (χ4n) is 5.15. The van der Waals surface area contributed by atoms with Gasteiger partial charge < -0.3 is 24.4 Å². The van der Waals surface area contributed by atoms with Crippen molar-refractivity contribution in [3.63, 3.8) is 0 Å². The van der Waals surface area contributed by atoms with Crippen LogP contribution >= 0.6 is 0 Å². The Morgan fingerprint density at radius 3 is 2.48 bits per heavy atom. The second-order valence-electron chi connectivity index (χ2n) is 8.71. The molecule has 2 aliphatic rings. The molecule has 2 aliphatic heterocycles. The van der Waals surface area contributed by atoms with Crippen LogP contribution in [0, 0.1) is 5.92 Å². The molecule has 31 heavy (non-hydrogen) atoms. The molecule has 2 aromatic carbocycles. The summed E-state index contributed by atoms with van der Waals surface area (Å²) in [6.45, 7) is 4.24. The summed E-state index contributed by atoms with van der Waals surface area (Å²) in [5, 5.41) is 3.30. The fraction of sp³-hybridized carbons (Fsp3) is 0.538. The lowest BCUT2D eigenvalue weighted by molar-refractivity contribution is -0.0670. The van der Waals surface area contributed by atoms with Gasteiger partial charge in [0.2, 0.25) is 0 Å². The Kier molecular flexibility index (Phi) is 7.49. The largest absolute Gasteiger partial charge is 0.493 e. The Morgan fingerprint density at radius 1 is 1.03 bits per heavy atom. The van der Waals surface area contributed by atoms with Crippen LogP contribution < -0.4 is 14.8 Å². The Morgan fingerprint density at radius 2 is 1.81 bits per heavy atom. The third kappa shape index (κ3) is 5.05. The average Bonchev–Trinajstić information content (AvgIpc) is 2.83. The van der Waals surface area contributed by atoms with Crippen LogP contribution in [0.4, 0.5) is 0 Å². The highest BCUT2D eigenvalue weighted by Crippen LogP contribution is 2.43. The van der Waals surface area contributed by atoms with E-state index in [1.165, 1.54) is 29.5 Å². The van der Waals surface area contributed by atoms with Gasteiger partial charge in [0.25, 0.3) is 0 Å². The zero-order valence-corrected chi connectivity index (χ0v) is 19.1. The molecule has 168 valence electrons.